The molecule has 35 heavy (non-hydrogen) atoms. The normalized spacial score (nSPS) is 21.1. The van der Waals surface area contributed by atoms with E-state index < -0.39 is 0 Å². The molecule has 1 aliphatic rings. The van der Waals surface area contributed by atoms with Gasteiger partial charge in [0.25, 0.3) is 0 Å². The Kier molecular flexibility index (Phi) is 10.6. The number of rotatable bonds is 11. The Morgan fingerprint density at radius 3 is 2.23 bits per heavy atom. The van der Waals surface area contributed by atoms with Gasteiger partial charge in [-0.25, -0.2) is 4.79 Å². The number of urea groups is 1. The average molecular weight is 487 g/mol. The minimum atomic E-state index is -0.162. The maximum Gasteiger partial charge on any atom is 0.314 e. The SMILES string of the molecule is CNC(=O)NCC1(C)CC(CC(=O)N(C)CCCN(C)C(=O)CCc2ccccc2)CC(C)(C)C1. The third-order valence-corrected chi connectivity index (χ3v) is 7.20. The van der Waals surface area contributed by atoms with Crippen LogP contribution >= 0.6 is 0 Å². The fraction of sp³-hybridized carbons (Fsp3) is 0.679. The lowest BCUT2D eigenvalue weighted by Gasteiger charge is -2.47. The minimum absolute atomic E-state index is 0.0272. The van der Waals surface area contributed by atoms with Crippen LogP contribution in [0.2, 0.25) is 0 Å². The van der Waals surface area contributed by atoms with Gasteiger partial charge in [-0.3, -0.25) is 9.59 Å². The first-order valence-corrected chi connectivity index (χ1v) is 12.9. The largest absolute Gasteiger partial charge is 0.346 e. The third-order valence-electron chi connectivity index (χ3n) is 7.20. The van der Waals surface area contributed by atoms with Crippen molar-refractivity contribution in [2.75, 3.05) is 40.8 Å². The van der Waals surface area contributed by atoms with Gasteiger partial charge < -0.3 is 20.4 Å². The summed E-state index contributed by atoms with van der Waals surface area (Å²) in [7, 11) is 5.32. The van der Waals surface area contributed by atoms with E-state index in [1.165, 1.54) is 5.56 Å². The Morgan fingerprint density at radius 1 is 0.971 bits per heavy atom. The van der Waals surface area contributed by atoms with E-state index in [2.05, 4.69) is 31.4 Å². The zero-order valence-electron chi connectivity index (χ0n) is 22.7. The number of benzene rings is 1. The van der Waals surface area contributed by atoms with Crippen molar-refractivity contribution in [1.82, 2.24) is 20.4 Å². The molecule has 0 aliphatic heterocycles. The van der Waals surface area contributed by atoms with Crippen LogP contribution in [0.15, 0.2) is 30.3 Å². The van der Waals surface area contributed by atoms with Crippen LogP contribution in [-0.4, -0.2) is 68.4 Å². The van der Waals surface area contributed by atoms with Crippen LogP contribution in [0.1, 0.15) is 64.9 Å². The second-order valence-corrected chi connectivity index (χ2v) is 11.5. The van der Waals surface area contributed by atoms with E-state index in [0.29, 0.717) is 38.4 Å². The van der Waals surface area contributed by atoms with Gasteiger partial charge in [0.05, 0.1) is 0 Å². The zero-order chi connectivity index (χ0) is 26.1. The van der Waals surface area contributed by atoms with Gasteiger partial charge >= 0.3 is 6.03 Å². The first-order valence-electron chi connectivity index (χ1n) is 12.9. The molecule has 0 saturated heterocycles. The van der Waals surface area contributed by atoms with Gasteiger partial charge in [0, 0.05) is 53.6 Å². The highest BCUT2D eigenvalue weighted by Crippen LogP contribution is 2.49. The summed E-state index contributed by atoms with van der Waals surface area (Å²) >= 11 is 0. The molecule has 0 heterocycles. The summed E-state index contributed by atoms with van der Waals surface area (Å²) in [6.45, 7) is 8.63. The van der Waals surface area contributed by atoms with Gasteiger partial charge in [0.2, 0.25) is 11.8 Å². The number of carbonyl (C=O) groups is 3. The van der Waals surface area contributed by atoms with Gasteiger partial charge in [-0.1, -0.05) is 51.1 Å². The van der Waals surface area contributed by atoms with Crippen LogP contribution in [0.25, 0.3) is 0 Å². The molecule has 7 heteroatoms. The van der Waals surface area contributed by atoms with E-state index in [0.717, 1.165) is 32.1 Å². The van der Waals surface area contributed by atoms with Gasteiger partial charge in [0.15, 0.2) is 0 Å². The number of hydrogen-bond acceptors (Lipinski definition) is 3. The summed E-state index contributed by atoms with van der Waals surface area (Å²) in [5.41, 5.74) is 1.27. The second kappa shape index (κ2) is 12.9. The van der Waals surface area contributed by atoms with Crippen LogP contribution in [0.3, 0.4) is 0 Å². The van der Waals surface area contributed by atoms with Crippen LogP contribution in [-0.2, 0) is 16.0 Å². The van der Waals surface area contributed by atoms with Crippen molar-refractivity contribution in [3.05, 3.63) is 35.9 Å². The highest BCUT2D eigenvalue weighted by molar-refractivity contribution is 5.77. The number of nitrogens with one attached hydrogen (secondary N) is 2. The number of hydrogen-bond donors (Lipinski definition) is 2. The smallest absolute Gasteiger partial charge is 0.314 e. The molecule has 0 radical (unpaired) electrons. The molecule has 1 aliphatic carbocycles. The van der Waals surface area contributed by atoms with E-state index in [1.54, 1.807) is 11.9 Å². The van der Waals surface area contributed by atoms with E-state index in [4.69, 9.17) is 0 Å². The van der Waals surface area contributed by atoms with E-state index >= 15 is 0 Å². The summed E-state index contributed by atoms with van der Waals surface area (Å²) < 4.78 is 0. The summed E-state index contributed by atoms with van der Waals surface area (Å²) in [5, 5.41) is 5.58. The van der Waals surface area contributed by atoms with Gasteiger partial charge in [0.1, 0.15) is 0 Å². The lowest BCUT2D eigenvalue weighted by Crippen LogP contribution is -2.46. The Bertz CT molecular complexity index is 842. The van der Waals surface area contributed by atoms with E-state index in [9.17, 15) is 14.4 Å². The van der Waals surface area contributed by atoms with E-state index in [1.807, 2.05) is 49.3 Å². The second-order valence-electron chi connectivity index (χ2n) is 11.5. The molecule has 196 valence electrons. The molecule has 4 amide bonds. The molecule has 0 aromatic heterocycles. The van der Waals surface area contributed by atoms with Crippen molar-refractivity contribution in [3.8, 4) is 0 Å². The van der Waals surface area contributed by atoms with Gasteiger partial charge in [-0.15, -0.1) is 0 Å². The predicted octanol–water partition coefficient (Wildman–Crippen LogP) is 4.08. The van der Waals surface area contributed by atoms with Crippen molar-refractivity contribution in [1.29, 1.82) is 0 Å². The Morgan fingerprint density at radius 2 is 1.60 bits per heavy atom. The number of amides is 4. The molecule has 0 bridgehead atoms. The Hall–Kier alpha value is -2.57. The maximum absolute atomic E-state index is 13.0. The molecule has 1 saturated carbocycles. The standard InChI is InChI=1S/C28H46N4O3/c1-27(2)18-23(19-28(3,20-27)21-30-26(35)29-4)17-25(34)32(6)16-10-15-31(5)24(33)14-13-22-11-8-7-9-12-22/h7-9,11-12,23H,10,13-21H2,1-6H3,(H2,29,30,35). The molecule has 2 atom stereocenters. The lowest BCUT2D eigenvalue weighted by atomic mass is 9.60. The van der Waals surface area contributed by atoms with Crippen molar-refractivity contribution in [3.63, 3.8) is 0 Å². The molecule has 1 fully saturated rings. The fourth-order valence-electron chi connectivity index (χ4n) is 5.80. The fourth-order valence-corrected chi connectivity index (χ4v) is 5.80. The minimum Gasteiger partial charge on any atom is -0.346 e. The van der Waals surface area contributed by atoms with Crippen LogP contribution < -0.4 is 10.6 Å². The summed E-state index contributed by atoms with van der Waals surface area (Å²) in [5.74, 6) is 0.594. The van der Waals surface area contributed by atoms with Crippen LogP contribution in [0.4, 0.5) is 4.79 Å². The first kappa shape index (κ1) is 28.7. The zero-order valence-corrected chi connectivity index (χ0v) is 22.7. The Balaban J connectivity index is 1.76. The Labute approximate surface area is 212 Å². The number of aryl methyl sites for hydroxylation is 1. The number of nitrogens with zero attached hydrogens (tertiary/aromatic N) is 2. The lowest BCUT2D eigenvalue weighted by molar-refractivity contribution is -0.132. The highest BCUT2D eigenvalue weighted by Gasteiger charge is 2.42. The number of carbonyl (C=O) groups excluding carboxylic acids is 3. The van der Waals surface area contributed by atoms with E-state index in [-0.39, 0.29) is 28.7 Å². The van der Waals surface area contributed by atoms with Gasteiger partial charge in [-0.2, -0.15) is 0 Å². The van der Waals surface area contributed by atoms with Crippen molar-refractivity contribution in [2.24, 2.45) is 16.7 Å². The molecule has 2 unspecified atom stereocenters. The molecule has 1 aromatic carbocycles. The monoisotopic (exact) mass is 486 g/mol. The maximum atomic E-state index is 13.0. The summed E-state index contributed by atoms with van der Waals surface area (Å²) in [6, 6.07) is 9.89. The highest BCUT2D eigenvalue weighted by atomic mass is 16.2. The molecular formula is C28H46N4O3. The van der Waals surface area contributed by atoms with Crippen LogP contribution in [0.5, 0.6) is 0 Å². The predicted molar refractivity (Wildman–Crippen MR) is 141 cm³/mol. The topological polar surface area (TPSA) is 81.8 Å². The van der Waals surface area contributed by atoms with Crippen LogP contribution in [0, 0.1) is 16.7 Å². The molecular weight excluding hydrogens is 440 g/mol. The van der Waals surface area contributed by atoms with Gasteiger partial charge in [-0.05, 0) is 54.4 Å². The van der Waals surface area contributed by atoms with Crippen molar-refractivity contribution in [2.45, 2.75) is 65.7 Å². The third kappa shape index (κ3) is 9.90. The van der Waals surface area contributed by atoms with Crippen molar-refractivity contribution < 1.29 is 14.4 Å². The molecule has 0 spiro atoms. The molecule has 2 rings (SSSR count). The quantitative estimate of drug-likeness (QED) is 0.495. The molecule has 7 nitrogen and oxygen atoms in total. The summed E-state index contributed by atoms with van der Waals surface area (Å²) in [4.78, 5) is 40.7. The molecule has 1 aromatic rings. The molecule has 2 N–H and O–H groups in total. The van der Waals surface area contributed by atoms with Crippen molar-refractivity contribution >= 4 is 17.8 Å². The summed E-state index contributed by atoms with van der Waals surface area (Å²) in [6.07, 6.45) is 5.51. The average Bonchev–Trinajstić information content (AvgIpc) is 2.80. The first-order chi connectivity index (χ1) is 16.4.